The Morgan fingerprint density at radius 1 is 1.38 bits per heavy atom. The van der Waals surface area contributed by atoms with Crippen LogP contribution in [-0.4, -0.2) is 0 Å². The smallest absolute Gasteiger partial charge is 0 e. The van der Waals surface area contributed by atoms with E-state index in [1.165, 1.54) is 5.57 Å². The van der Waals surface area contributed by atoms with E-state index in [4.69, 9.17) is 0 Å². The molecule has 0 aromatic rings. The topological polar surface area (TPSA) is 0 Å². The molecule has 0 saturated heterocycles. The van der Waals surface area contributed by atoms with E-state index in [9.17, 15) is 0 Å². The molecule has 0 saturated carbocycles. The summed E-state index contributed by atoms with van der Waals surface area (Å²) in [5, 5.41) is 0. The maximum atomic E-state index is 3.98. The van der Waals surface area contributed by atoms with Gasteiger partial charge in [0, 0.05) is 32.7 Å². The molecule has 0 N–H and O–H groups in total. The van der Waals surface area contributed by atoms with Crippen LogP contribution in [0.25, 0.3) is 0 Å². The summed E-state index contributed by atoms with van der Waals surface area (Å²) in [5.74, 6) is 0. The second-order valence-electron chi connectivity index (χ2n) is 4.27. The molecule has 1 aliphatic carbocycles. The first-order valence-corrected chi connectivity index (χ1v) is 4.47. The SMILES string of the molecule is C=C1[C-]=C(/C=C/C)CC(C)(C)C1.[Y]. The van der Waals surface area contributed by atoms with Crippen LogP contribution >= 0.6 is 0 Å². The van der Waals surface area contributed by atoms with Crippen LogP contribution in [0.1, 0.15) is 33.6 Å². The summed E-state index contributed by atoms with van der Waals surface area (Å²) in [5.41, 5.74) is 2.80. The van der Waals surface area contributed by atoms with Gasteiger partial charge in [-0.1, -0.05) is 20.8 Å². The van der Waals surface area contributed by atoms with Crippen molar-refractivity contribution in [3.8, 4) is 0 Å². The minimum atomic E-state index is 0. The van der Waals surface area contributed by atoms with Gasteiger partial charge in [0.05, 0.1) is 0 Å². The van der Waals surface area contributed by atoms with Crippen molar-refractivity contribution in [3.63, 3.8) is 0 Å². The maximum Gasteiger partial charge on any atom is 0 e. The van der Waals surface area contributed by atoms with Crippen molar-refractivity contribution in [2.75, 3.05) is 0 Å². The molecule has 0 aliphatic heterocycles. The summed E-state index contributed by atoms with van der Waals surface area (Å²) in [6, 6.07) is 0. The van der Waals surface area contributed by atoms with Crippen molar-refractivity contribution in [1.29, 1.82) is 0 Å². The Bertz CT molecular complexity index is 244. The molecule has 0 amide bonds. The molecule has 13 heavy (non-hydrogen) atoms. The van der Waals surface area contributed by atoms with E-state index < -0.39 is 0 Å². The Balaban J connectivity index is 0.00000144. The summed E-state index contributed by atoms with van der Waals surface area (Å²) < 4.78 is 0. The molecular weight excluding hydrogens is 233 g/mol. The van der Waals surface area contributed by atoms with E-state index in [1.807, 2.05) is 6.92 Å². The first-order chi connectivity index (χ1) is 5.53. The molecule has 0 aromatic heterocycles. The standard InChI is InChI=1S/C12H17.Y/c1-5-6-11-7-10(2)8-12(3,4)9-11;/h5-6H,2,8-9H2,1,3-4H3;/q-1;/b6-5+;. The summed E-state index contributed by atoms with van der Waals surface area (Å²) in [7, 11) is 0. The average molecular weight is 250 g/mol. The first kappa shape index (κ1) is 13.3. The van der Waals surface area contributed by atoms with Crippen LogP contribution in [0, 0.1) is 11.5 Å². The van der Waals surface area contributed by atoms with Crippen molar-refractivity contribution in [2.24, 2.45) is 5.41 Å². The zero-order valence-electron chi connectivity index (χ0n) is 8.85. The summed E-state index contributed by atoms with van der Waals surface area (Å²) in [4.78, 5) is 0. The minimum Gasteiger partial charge on any atom is -0.191 e. The Hall–Kier alpha value is 0.324. The third-order valence-corrected chi connectivity index (χ3v) is 2.07. The molecule has 0 spiro atoms. The van der Waals surface area contributed by atoms with Crippen molar-refractivity contribution < 1.29 is 32.7 Å². The normalized spacial score (nSPS) is 21.2. The zero-order valence-corrected chi connectivity index (χ0v) is 11.7. The van der Waals surface area contributed by atoms with Gasteiger partial charge in [0.2, 0.25) is 0 Å². The fourth-order valence-electron chi connectivity index (χ4n) is 1.77. The Kier molecular flexibility index (Phi) is 5.40. The van der Waals surface area contributed by atoms with E-state index in [0.717, 1.165) is 18.4 Å². The largest absolute Gasteiger partial charge is 0.191 e. The van der Waals surface area contributed by atoms with Gasteiger partial charge in [-0.05, 0) is 18.3 Å². The molecular formula is C12H17Y-. The molecule has 0 nitrogen and oxygen atoms in total. The maximum absolute atomic E-state index is 3.98. The molecule has 1 aliphatic rings. The van der Waals surface area contributed by atoms with Crippen molar-refractivity contribution >= 4 is 0 Å². The van der Waals surface area contributed by atoms with Gasteiger partial charge in [0.15, 0.2) is 0 Å². The minimum absolute atomic E-state index is 0. The molecule has 0 atom stereocenters. The number of rotatable bonds is 1. The number of allylic oxidation sites excluding steroid dienone is 5. The van der Waals surface area contributed by atoms with Crippen LogP contribution in [-0.2, 0) is 32.7 Å². The van der Waals surface area contributed by atoms with Gasteiger partial charge in [-0.2, -0.15) is 29.9 Å². The van der Waals surface area contributed by atoms with Gasteiger partial charge in [0.25, 0.3) is 0 Å². The third kappa shape index (κ3) is 4.38. The molecule has 69 valence electrons. The predicted molar refractivity (Wildman–Crippen MR) is 53.7 cm³/mol. The van der Waals surface area contributed by atoms with Gasteiger partial charge < -0.3 is 0 Å². The molecule has 1 heteroatoms. The zero-order chi connectivity index (χ0) is 9.19. The van der Waals surface area contributed by atoms with Crippen LogP contribution in [0.4, 0.5) is 0 Å². The van der Waals surface area contributed by atoms with Crippen LogP contribution in [0.2, 0.25) is 0 Å². The third-order valence-electron chi connectivity index (χ3n) is 2.07. The van der Waals surface area contributed by atoms with E-state index in [1.54, 1.807) is 0 Å². The fraction of sp³-hybridized carbons (Fsp3) is 0.500. The van der Waals surface area contributed by atoms with E-state index >= 15 is 0 Å². The van der Waals surface area contributed by atoms with Crippen LogP contribution in [0.3, 0.4) is 0 Å². The first-order valence-electron chi connectivity index (χ1n) is 4.47. The van der Waals surface area contributed by atoms with Gasteiger partial charge in [-0.3, -0.25) is 0 Å². The molecule has 0 aromatic carbocycles. The van der Waals surface area contributed by atoms with Gasteiger partial charge in [0.1, 0.15) is 0 Å². The molecule has 1 radical (unpaired) electrons. The van der Waals surface area contributed by atoms with Crippen LogP contribution in [0.15, 0.2) is 29.9 Å². The van der Waals surface area contributed by atoms with E-state index in [0.29, 0.717) is 5.41 Å². The molecule has 0 unspecified atom stereocenters. The monoisotopic (exact) mass is 250 g/mol. The molecule has 0 heterocycles. The summed E-state index contributed by atoms with van der Waals surface area (Å²) in [6.07, 6.45) is 9.70. The van der Waals surface area contributed by atoms with Crippen LogP contribution in [0.5, 0.6) is 0 Å². The van der Waals surface area contributed by atoms with Crippen molar-refractivity contribution in [2.45, 2.75) is 33.6 Å². The summed E-state index contributed by atoms with van der Waals surface area (Å²) >= 11 is 0. The van der Waals surface area contributed by atoms with E-state index in [-0.39, 0.29) is 32.7 Å². The Morgan fingerprint density at radius 3 is 2.46 bits per heavy atom. The molecule has 0 bridgehead atoms. The Labute approximate surface area is 107 Å². The van der Waals surface area contributed by atoms with Crippen LogP contribution < -0.4 is 0 Å². The number of hydrogen-bond donors (Lipinski definition) is 0. The van der Waals surface area contributed by atoms with Gasteiger partial charge in [-0.15, -0.1) is 6.08 Å². The predicted octanol–water partition coefficient (Wildman–Crippen LogP) is 3.67. The van der Waals surface area contributed by atoms with Gasteiger partial charge >= 0.3 is 0 Å². The Morgan fingerprint density at radius 2 is 2.00 bits per heavy atom. The van der Waals surface area contributed by atoms with Gasteiger partial charge in [-0.25, -0.2) is 0 Å². The van der Waals surface area contributed by atoms with Crippen molar-refractivity contribution in [3.05, 3.63) is 36.0 Å². The average Bonchev–Trinajstić information content (AvgIpc) is 1.82. The quantitative estimate of drug-likeness (QED) is 0.623. The van der Waals surface area contributed by atoms with Crippen molar-refractivity contribution in [1.82, 2.24) is 0 Å². The fourth-order valence-corrected chi connectivity index (χ4v) is 1.77. The second kappa shape index (κ2) is 5.27. The molecule has 1 rings (SSSR count). The second-order valence-corrected chi connectivity index (χ2v) is 4.27. The molecule has 0 fully saturated rings. The van der Waals surface area contributed by atoms with E-state index in [2.05, 4.69) is 38.7 Å². The number of hydrogen-bond acceptors (Lipinski definition) is 0. The summed E-state index contributed by atoms with van der Waals surface area (Å²) in [6.45, 7) is 10.6.